The Labute approximate surface area is 205 Å². The fourth-order valence-electron chi connectivity index (χ4n) is 5.70. The lowest BCUT2D eigenvalue weighted by Gasteiger charge is -2.54. The number of benzene rings is 3. The third-order valence-electron chi connectivity index (χ3n) is 7.70. The maximum atomic E-state index is 13.8. The first-order chi connectivity index (χ1) is 16.9. The van der Waals surface area contributed by atoms with E-state index in [1.54, 1.807) is 48.5 Å². The zero-order valence-electron chi connectivity index (χ0n) is 19.8. The van der Waals surface area contributed by atoms with Crippen molar-refractivity contribution in [3.63, 3.8) is 0 Å². The Hall–Kier alpha value is -3.48. The van der Waals surface area contributed by atoms with Gasteiger partial charge in [0, 0.05) is 24.4 Å². The fraction of sp³-hybridized carbons (Fsp3) is 0.310. The van der Waals surface area contributed by atoms with E-state index in [0.717, 1.165) is 25.9 Å². The van der Waals surface area contributed by atoms with Gasteiger partial charge in [-0.2, -0.15) is 0 Å². The maximum Gasteiger partial charge on any atom is 0.348 e. The van der Waals surface area contributed by atoms with Crippen molar-refractivity contribution in [1.29, 1.82) is 0 Å². The van der Waals surface area contributed by atoms with Crippen LogP contribution in [-0.4, -0.2) is 53.7 Å². The fourth-order valence-corrected chi connectivity index (χ4v) is 5.70. The molecule has 0 radical (unpaired) electrons. The molecule has 2 atom stereocenters. The Bertz CT molecular complexity index is 1140. The Morgan fingerprint density at radius 3 is 1.86 bits per heavy atom. The molecule has 3 aliphatic heterocycles. The van der Waals surface area contributed by atoms with Crippen molar-refractivity contribution in [1.82, 2.24) is 0 Å². The Balaban J connectivity index is 1.48. The van der Waals surface area contributed by atoms with Crippen LogP contribution in [0.5, 0.6) is 0 Å². The van der Waals surface area contributed by atoms with Crippen LogP contribution < -0.4 is 5.32 Å². The molecular weight excluding hydrogens is 440 g/mol. The number of amides is 1. The number of para-hydroxylation sites is 1. The van der Waals surface area contributed by atoms with Gasteiger partial charge in [0.1, 0.15) is 0 Å². The largest absolute Gasteiger partial charge is 0.452 e. The molecule has 3 saturated heterocycles. The summed E-state index contributed by atoms with van der Waals surface area (Å²) in [4.78, 5) is 27.4. The quantitative estimate of drug-likeness (QED) is 0.425. The number of nitrogens with zero attached hydrogens (tertiary/aromatic N) is 1. The maximum absolute atomic E-state index is 13.8. The average molecular weight is 472 g/mol. The Morgan fingerprint density at radius 2 is 1.34 bits per heavy atom. The van der Waals surface area contributed by atoms with Crippen molar-refractivity contribution in [3.8, 4) is 0 Å². The van der Waals surface area contributed by atoms with E-state index in [1.807, 2.05) is 42.5 Å². The number of carbonyl (C=O) groups excluding carboxylic acids is 2. The van der Waals surface area contributed by atoms with Gasteiger partial charge < -0.3 is 19.6 Å². The first-order valence-corrected chi connectivity index (χ1v) is 12.2. The minimum absolute atomic E-state index is 0.0706. The average Bonchev–Trinajstić information content (AvgIpc) is 2.89. The summed E-state index contributed by atoms with van der Waals surface area (Å²) in [7, 11) is 2.06. The number of aliphatic hydroxyl groups is 1. The lowest BCUT2D eigenvalue weighted by Crippen LogP contribution is -2.72. The highest BCUT2D eigenvalue weighted by Crippen LogP contribution is 2.41. The number of anilines is 1. The lowest BCUT2D eigenvalue weighted by molar-refractivity contribution is -0.943. The van der Waals surface area contributed by atoms with Crippen LogP contribution in [0.1, 0.15) is 24.0 Å². The van der Waals surface area contributed by atoms with Crippen molar-refractivity contribution >= 4 is 17.6 Å². The normalized spacial score (nSPS) is 25.6. The van der Waals surface area contributed by atoms with E-state index in [0.29, 0.717) is 21.3 Å². The lowest BCUT2D eigenvalue weighted by atomic mass is 9.77. The van der Waals surface area contributed by atoms with Crippen LogP contribution in [-0.2, 0) is 19.9 Å². The molecule has 6 heteroatoms. The summed E-state index contributed by atoms with van der Waals surface area (Å²) in [6.07, 6.45) is 1.12. The molecule has 0 saturated carbocycles. The summed E-state index contributed by atoms with van der Waals surface area (Å²) in [5.74, 6) is -0.845. The molecule has 0 spiro atoms. The van der Waals surface area contributed by atoms with Gasteiger partial charge in [0.2, 0.25) is 11.6 Å². The number of hydrogen-bond donors (Lipinski definition) is 2. The van der Waals surface area contributed by atoms with Gasteiger partial charge in [0.15, 0.2) is 6.10 Å². The van der Waals surface area contributed by atoms with Crippen molar-refractivity contribution in [2.45, 2.75) is 30.6 Å². The van der Waals surface area contributed by atoms with Crippen LogP contribution in [0.4, 0.5) is 5.69 Å². The minimum Gasteiger partial charge on any atom is -0.452 e. The topological polar surface area (TPSA) is 75.6 Å². The number of rotatable bonds is 6. The van der Waals surface area contributed by atoms with Gasteiger partial charge in [-0.1, -0.05) is 78.9 Å². The number of nitrogens with one attached hydrogen (secondary N) is 1. The van der Waals surface area contributed by atoms with Gasteiger partial charge in [-0.05, 0) is 23.3 Å². The van der Waals surface area contributed by atoms with Crippen LogP contribution >= 0.6 is 0 Å². The Morgan fingerprint density at radius 1 is 0.857 bits per heavy atom. The van der Waals surface area contributed by atoms with Crippen LogP contribution in [0.2, 0.25) is 0 Å². The van der Waals surface area contributed by atoms with Gasteiger partial charge in [0.05, 0.1) is 20.1 Å². The molecule has 3 fully saturated rings. The SMILES string of the molecule is C[N+]12CCC(CC1)[C@@H](OC(=O)C(O)(c1ccccc1)c1ccccc1)C2C(=O)Nc1ccccc1. The minimum atomic E-state index is -1.98. The highest BCUT2D eigenvalue weighted by molar-refractivity contribution is 5.95. The van der Waals surface area contributed by atoms with Gasteiger partial charge in [-0.15, -0.1) is 0 Å². The molecule has 6 rings (SSSR count). The zero-order chi connectivity index (χ0) is 24.5. The number of esters is 1. The first kappa shape index (κ1) is 23.3. The molecular formula is C29H31N2O4+. The molecule has 6 nitrogen and oxygen atoms in total. The molecule has 0 aromatic heterocycles. The number of piperidine rings is 3. The summed E-state index contributed by atoms with van der Waals surface area (Å²) in [5, 5.41) is 14.9. The number of quaternary nitrogens is 1. The van der Waals surface area contributed by atoms with E-state index in [9.17, 15) is 14.7 Å². The highest BCUT2D eigenvalue weighted by atomic mass is 16.6. The van der Waals surface area contributed by atoms with E-state index in [2.05, 4.69) is 12.4 Å². The van der Waals surface area contributed by atoms with Crippen molar-refractivity contribution in [2.75, 3.05) is 25.5 Å². The molecule has 2 bridgehead atoms. The van der Waals surface area contributed by atoms with E-state index in [1.165, 1.54) is 0 Å². The number of fused-ring (bicyclic) bond motifs is 3. The van der Waals surface area contributed by atoms with Crippen molar-refractivity contribution in [3.05, 3.63) is 102 Å². The molecule has 1 amide bonds. The molecule has 1 unspecified atom stereocenters. The number of hydrogen-bond acceptors (Lipinski definition) is 4. The second-order valence-corrected chi connectivity index (χ2v) is 9.88. The number of likely N-dealkylation sites (N-methyl/N-ethyl adjacent to an activating group) is 1. The van der Waals surface area contributed by atoms with Crippen LogP contribution in [0.25, 0.3) is 0 Å². The van der Waals surface area contributed by atoms with Gasteiger partial charge in [-0.25, -0.2) is 4.79 Å². The zero-order valence-corrected chi connectivity index (χ0v) is 19.8. The number of ether oxygens (including phenoxy) is 1. The van der Waals surface area contributed by atoms with Gasteiger partial charge in [0.25, 0.3) is 5.91 Å². The van der Waals surface area contributed by atoms with E-state index >= 15 is 0 Å². The van der Waals surface area contributed by atoms with Crippen LogP contribution in [0, 0.1) is 5.92 Å². The third kappa shape index (κ3) is 4.24. The van der Waals surface area contributed by atoms with Gasteiger partial charge in [-0.3, -0.25) is 4.79 Å². The monoisotopic (exact) mass is 471 g/mol. The van der Waals surface area contributed by atoms with E-state index in [-0.39, 0.29) is 11.8 Å². The van der Waals surface area contributed by atoms with E-state index in [4.69, 9.17) is 4.74 Å². The third-order valence-corrected chi connectivity index (χ3v) is 7.70. The first-order valence-electron chi connectivity index (χ1n) is 12.2. The molecule has 3 heterocycles. The summed E-state index contributed by atoms with van der Waals surface area (Å²) in [6.45, 7) is 1.71. The standard InChI is InChI=1S/C29H30N2O4/c1-31-19-17-21(18-20-31)26(25(31)27(32)30-24-15-9-4-10-16-24)35-28(33)29(34,22-11-5-2-6-12-22)23-13-7-3-8-14-23/h2-16,21,25-26,34H,17-20H2,1H3/p+1/t21?,25?,26-,31?/m1/s1. The smallest absolute Gasteiger partial charge is 0.348 e. The summed E-state index contributed by atoms with van der Waals surface area (Å²) in [6, 6.07) is 26.5. The summed E-state index contributed by atoms with van der Waals surface area (Å²) < 4.78 is 6.69. The molecule has 3 aromatic rings. The second-order valence-electron chi connectivity index (χ2n) is 9.88. The summed E-state index contributed by atoms with van der Waals surface area (Å²) >= 11 is 0. The predicted molar refractivity (Wildman–Crippen MR) is 133 cm³/mol. The van der Waals surface area contributed by atoms with E-state index < -0.39 is 23.7 Å². The van der Waals surface area contributed by atoms with Crippen molar-refractivity contribution in [2.24, 2.45) is 5.92 Å². The van der Waals surface area contributed by atoms with Crippen LogP contribution in [0.15, 0.2) is 91.0 Å². The Kier molecular flexibility index (Phi) is 6.17. The molecule has 3 aliphatic rings. The van der Waals surface area contributed by atoms with Crippen molar-refractivity contribution < 1.29 is 23.9 Å². The molecule has 35 heavy (non-hydrogen) atoms. The van der Waals surface area contributed by atoms with Crippen LogP contribution in [0.3, 0.4) is 0 Å². The molecule has 180 valence electrons. The summed E-state index contributed by atoms with van der Waals surface area (Å²) in [5.41, 5.74) is -0.402. The molecule has 3 aromatic carbocycles. The van der Waals surface area contributed by atoms with Gasteiger partial charge >= 0.3 is 5.97 Å². The highest BCUT2D eigenvalue weighted by Gasteiger charge is 2.58. The predicted octanol–water partition coefficient (Wildman–Crippen LogP) is 3.71. The number of carbonyl (C=O) groups is 2. The molecule has 0 aliphatic carbocycles. The molecule has 2 N–H and O–H groups in total. The second kappa shape index (κ2) is 9.29.